The number of aromatic amines is 1. The van der Waals surface area contributed by atoms with Gasteiger partial charge in [-0.05, 0) is 18.2 Å². The Morgan fingerprint density at radius 1 is 0.714 bits per heavy atom. The summed E-state index contributed by atoms with van der Waals surface area (Å²) >= 11 is 6.49. The van der Waals surface area contributed by atoms with E-state index in [0.717, 1.165) is 22.1 Å². The van der Waals surface area contributed by atoms with Gasteiger partial charge in [-0.25, -0.2) is 0 Å². The van der Waals surface area contributed by atoms with Crippen molar-refractivity contribution < 1.29 is 0 Å². The number of nitrogens with zero attached hydrogens (tertiary/aromatic N) is 1. The van der Waals surface area contributed by atoms with Crippen LogP contribution in [0.4, 0.5) is 0 Å². The van der Waals surface area contributed by atoms with Crippen molar-refractivity contribution in [2.24, 2.45) is 0 Å². The van der Waals surface area contributed by atoms with Crippen LogP contribution in [0.2, 0.25) is 0 Å². The summed E-state index contributed by atoms with van der Waals surface area (Å²) in [5.41, 5.74) is 4.40. The van der Waals surface area contributed by atoms with Crippen molar-refractivity contribution in [3.05, 3.63) is 60.7 Å². The number of hydrogen-bond donors (Lipinski definition) is 1. The molecule has 0 saturated carbocycles. The molecule has 0 aliphatic carbocycles. The van der Waals surface area contributed by atoms with Crippen molar-refractivity contribution in [2.45, 2.75) is 0 Å². The van der Waals surface area contributed by atoms with Crippen molar-refractivity contribution in [3.63, 3.8) is 0 Å². The minimum atomic E-state index is 1.04. The van der Waals surface area contributed by atoms with E-state index in [2.05, 4.69) is 59.6 Å². The van der Waals surface area contributed by atoms with E-state index >= 15 is 0 Å². The molecule has 5 rings (SSSR count). The Hall–Kier alpha value is -2.45. The van der Waals surface area contributed by atoms with Crippen LogP contribution in [0, 0.1) is 0 Å². The lowest BCUT2D eigenvalue weighted by atomic mass is 10.1. The number of nitrogens with one attached hydrogen (secondary N) is 1. The summed E-state index contributed by atoms with van der Waals surface area (Å²) in [6, 6.07) is 20.9. The second-order valence-electron chi connectivity index (χ2n) is 5.35. The number of fused-ring (bicyclic) bond motifs is 7. The van der Waals surface area contributed by atoms with E-state index < -0.39 is 0 Å². The maximum Gasteiger partial charge on any atom is 0.0682 e. The third-order valence-electron chi connectivity index (χ3n) is 4.26. The normalized spacial score (nSPS) is 12.0. The highest BCUT2D eigenvalue weighted by Gasteiger charge is 2.14. The van der Waals surface area contributed by atoms with Gasteiger partial charge in [-0.3, -0.25) is 4.09 Å². The predicted molar refractivity (Wildman–Crippen MR) is 90.1 cm³/mol. The molecule has 100 valence electrons. The molecule has 2 aromatic heterocycles. The van der Waals surface area contributed by atoms with E-state index in [9.17, 15) is 0 Å². The van der Waals surface area contributed by atoms with Gasteiger partial charge >= 0.3 is 0 Å². The zero-order chi connectivity index (χ0) is 14.0. The van der Waals surface area contributed by atoms with E-state index in [0.29, 0.717) is 0 Å². The van der Waals surface area contributed by atoms with E-state index in [-0.39, 0.29) is 0 Å². The molecule has 0 radical (unpaired) electrons. The number of benzene rings is 3. The topological polar surface area (TPSA) is 20.7 Å². The van der Waals surface area contributed by atoms with Gasteiger partial charge in [0, 0.05) is 38.8 Å². The van der Waals surface area contributed by atoms with Gasteiger partial charge in [0.25, 0.3) is 0 Å². The lowest BCUT2D eigenvalue weighted by Crippen LogP contribution is -1.78. The van der Waals surface area contributed by atoms with Crippen LogP contribution in [0.25, 0.3) is 43.6 Å². The number of aromatic nitrogens is 2. The van der Waals surface area contributed by atoms with Gasteiger partial charge in [-0.1, -0.05) is 42.5 Å². The predicted octanol–water partition coefficient (Wildman–Crippen LogP) is 5.43. The van der Waals surface area contributed by atoms with Gasteiger partial charge in [-0.15, -0.1) is 0 Å². The first kappa shape index (κ1) is 11.2. The highest BCUT2D eigenvalue weighted by atomic mass is 35.5. The van der Waals surface area contributed by atoms with Gasteiger partial charge in [0.1, 0.15) is 0 Å². The van der Waals surface area contributed by atoms with Crippen LogP contribution in [0.3, 0.4) is 0 Å². The maximum atomic E-state index is 6.49. The first-order valence-electron chi connectivity index (χ1n) is 6.93. The molecule has 0 aliphatic heterocycles. The molecule has 0 saturated heterocycles. The quantitative estimate of drug-likeness (QED) is 0.392. The van der Waals surface area contributed by atoms with Crippen LogP contribution in [0.1, 0.15) is 0 Å². The summed E-state index contributed by atoms with van der Waals surface area (Å²) < 4.78 is 1.75. The fourth-order valence-corrected chi connectivity index (χ4v) is 3.62. The third kappa shape index (κ3) is 1.33. The number of para-hydroxylation sites is 2. The number of rotatable bonds is 0. The molecule has 2 heterocycles. The van der Waals surface area contributed by atoms with Gasteiger partial charge in [-0.2, -0.15) is 0 Å². The molecule has 0 atom stereocenters. The Morgan fingerprint density at radius 2 is 1.48 bits per heavy atom. The molecule has 0 fully saturated rings. The van der Waals surface area contributed by atoms with Crippen LogP contribution in [-0.4, -0.2) is 9.07 Å². The summed E-state index contributed by atoms with van der Waals surface area (Å²) in [6.45, 7) is 0. The first-order valence-corrected chi connectivity index (χ1v) is 7.27. The van der Waals surface area contributed by atoms with E-state index in [1.807, 2.05) is 6.07 Å². The summed E-state index contributed by atoms with van der Waals surface area (Å²) in [7, 11) is 0. The van der Waals surface area contributed by atoms with Gasteiger partial charge in [0.2, 0.25) is 0 Å². The Morgan fingerprint density at radius 3 is 2.38 bits per heavy atom. The minimum Gasteiger partial charge on any atom is -0.354 e. The average Bonchev–Trinajstić information content (AvgIpc) is 3.04. The SMILES string of the molecule is Cln1c2ccccc2c2c3[nH]c4ccccc4c3ccc21. The zero-order valence-electron chi connectivity index (χ0n) is 11.1. The molecule has 21 heavy (non-hydrogen) atoms. The molecule has 5 aromatic rings. The fourth-order valence-electron chi connectivity index (χ4n) is 3.33. The molecule has 0 amide bonds. The second kappa shape index (κ2) is 3.80. The van der Waals surface area contributed by atoms with Crippen molar-refractivity contribution >= 4 is 55.4 Å². The molecule has 0 bridgehead atoms. The molecule has 0 unspecified atom stereocenters. The molecule has 3 heteroatoms. The van der Waals surface area contributed by atoms with Crippen molar-refractivity contribution in [2.75, 3.05) is 0 Å². The standard InChI is InChI=1S/C18H11ClN2/c19-21-15-8-4-2-6-13(15)17-16(21)10-9-12-11-5-1-3-7-14(11)20-18(12)17/h1-10,20H. The van der Waals surface area contributed by atoms with E-state index in [4.69, 9.17) is 11.8 Å². The van der Waals surface area contributed by atoms with Crippen molar-refractivity contribution in [1.29, 1.82) is 0 Å². The van der Waals surface area contributed by atoms with Crippen molar-refractivity contribution in [3.8, 4) is 0 Å². The smallest absolute Gasteiger partial charge is 0.0682 e. The molecular weight excluding hydrogens is 280 g/mol. The van der Waals surface area contributed by atoms with Crippen LogP contribution >= 0.6 is 11.8 Å². The zero-order valence-corrected chi connectivity index (χ0v) is 11.9. The van der Waals surface area contributed by atoms with Crippen LogP contribution in [0.15, 0.2) is 60.7 Å². The lowest BCUT2D eigenvalue weighted by Gasteiger charge is -1.96. The lowest BCUT2D eigenvalue weighted by molar-refractivity contribution is 1.40. The van der Waals surface area contributed by atoms with Crippen LogP contribution in [-0.2, 0) is 0 Å². The maximum absolute atomic E-state index is 6.49. The van der Waals surface area contributed by atoms with Gasteiger partial charge < -0.3 is 4.98 Å². The van der Waals surface area contributed by atoms with Crippen LogP contribution in [0.5, 0.6) is 0 Å². The van der Waals surface area contributed by atoms with Crippen LogP contribution < -0.4 is 0 Å². The summed E-state index contributed by atoms with van der Waals surface area (Å²) in [6.07, 6.45) is 0. The third-order valence-corrected chi connectivity index (χ3v) is 4.62. The van der Waals surface area contributed by atoms with Gasteiger partial charge in [0.05, 0.1) is 16.6 Å². The number of H-pyrrole nitrogens is 1. The van der Waals surface area contributed by atoms with Gasteiger partial charge in [0.15, 0.2) is 0 Å². The Bertz CT molecular complexity index is 1150. The number of halogens is 1. The molecule has 3 aromatic carbocycles. The summed E-state index contributed by atoms with van der Waals surface area (Å²) in [5, 5.41) is 4.86. The minimum absolute atomic E-state index is 1.04. The molecule has 0 aliphatic rings. The van der Waals surface area contributed by atoms with Crippen molar-refractivity contribution in [1.82, 2.24) is 9.07 Å². The Kier molecular flexibility index (Phi) is 2.04. The fraction of sp³-hybridized carbons (Fsp3) is 0. The highest BCUT2D eigenvalue weighted by molar-refractivity contribution is 6.31. The molecule has 0 spiro atoms. The average molecular weight is 291 g/mol. The highest BCUT2D eigenvalue weighted by Crippen LogP contribution is 2.37. The Labute approximate surface area is 125 Å². The van der Waals surface area contributed by atoms with E-state index in [1.54, 1.807) is 4.09 Å². The molecule has 1 N–H and O–H groups in total. The number of hydrogen-bond acceptors (Lipinski definition) is 0. The largest absolute Gasteiger partial charge is 0.354 e. The summed E-state index contributed by atoms with van der Waals surface area (Å²) in [5.74, 6) is 0. The monoisotopic (exact) mass is 290 g/mol. The Balaban J connectivity index is 2.16. The first-order chi connectivity index (χ1) is 10.3. The molecular formula is C18H11ClN2. The summed E-state index contributed by atoms with van der Waals surface area (Å²) in [4.78, 5) is 3.55. The second-order valence-corrected chi connectivity index (χ2v) is 5.69. The molecule has 2 nitrogen and oxygen atoms in total. The van der Waals surface area contributed by atoms with E-state index in [1.165, 1.54) is 21.5 Å².